The van der Waals surface area contributed by atoms with Gasteiger partial charge in [-0.2, -0.15) is 13.2 Å². The van der Waals surface area contributed by atoms with Gasteiger partial charge in [0.2, 0.25) is 0 Å². The molecule has 1 aliphatic rings. The number of nitrogens with two attached hydrogens (primary N) is 1. The van der Waals surface area contributed by atoms with E-state index in [4.69, 9.17) is 10.8 Å². The molecule has 0 spiro atoms. The van der Waals surface area contributed by atoms with E-state index in [1.807, 2.05) is 0 Å². The lowest BCUT2D eigenvalue weighted by Crippen LogP contribution is -2.39. The van der Waals surface area contributed by atoms with Crippen molar-refractivity contribution in [3.63, 3.8) is 0 Å². The number of fused-ring (bicyclic) bond motifs is 1. The molecule has 2 atom stereocenters. The van der Waals surface area contributed by atoms with E-state index in [1.54, 1.807) is 0 Å². The third-order valence-electron chi connectivity index (χ3n) is 2.49. The van der Waals surface area contributed by atoms with Crippen molar-refractivity contribution < 1.29 is 36.5 Å². The Morgan fingerprint density at radius 3 is 2.35 bits per heavy atom. The molecule has 1 heterocycles. The summed E-state index contributed by atoms with van der Waals surface area (Å²) < 4.78 is 70.9. The van der Waals surface area contributed by atoms with Crippen molar-refractivity contribution in [2.24, 2.45) is 5.73 Å². The van der Waals surface area contributed by atoms with Gasteiger partial charge in [0, 0.05) is 5.56 Å². The number of hydrogen-bond donors (Lipinski definition) is 2. The second kappa shape index (κ2) is 5.23. The molecule has 3 N–H and O–H groups in total. The van der Waals surface area contributed by atoms with Crippen molar-refractivity contribution in [2.75, 3.05) is 0 Å². The number of rotatable bonds is 2. The molecular formula is C10H9ClF5NO3. The van der Waals surface area contributed by atoms with Crippen LogP contribution in [0, 0.1) is 0 Å². The maximum absolute atomic E-state index is 12.8. The quantitative estimate of drug-likeness (QED) is 0.821. The van der Waals surface area contributed by atoms with Crippen LogP contribution in [0.25, 0.3) is 0 Å². The van der Waals surface area contributed by atoms with Crippen molar-refractivity contribution in [1.29, 1.82) is 0 Å². The van der Waals surface area contributed by atoms with Crippen LogP contribution in [0.3, 0.4) is 0 Å². The molecule has 1 aromatic carbocycles. The molecule has 1 aromatic rings. The van der Waals surface area contributed by atoms with Crippen molar-refractivity contribution in [1.82, 2.24) is 0 Å². The number of aliphatic hydroxyl groups is 1. The molecule has 0 fully saturated rings. The molecule has 0 radical (unpaired) electrons. The zero-order valence-electron chi connectivity index (χ0n) is 9.53. The monoisotopic (exact) mass is 321 g/mol. The smallest absolute Gasteiger partial charge is 0.395 e. The topological polar surface area (TPSA) is 64.7 Å². The van der Waals surface area contributed by atoms with Crippen LogP contribution in [0.15, 0.2) is 18.2 Å². The molecule has 0 saturated heterocycles. The number of halogens is 6. The van der Waals surface area contributed by atoms with Crippen LogP contribution in [0.4, 0.5) is 22.0 Å². The van der Waals surface area contributed by atoms with Crippen LogP contribution in [0.5, 0.6) is 11.5 Å². The second-order valence-corrected chi connectivity index (χ2v) is 3.85. The molecule has 0 bridgehead atoms. The molecule has 1 aliphatic heterocycles. The van der Waals surface area contributed by atoms with Crippen molar-refractivity contribution in [3.8, 4) is 11.5 Å². The lowest BCUT2D eigenvalue weighted by atomic mass is 10.0. The fourth-order valence-corrected chi connectivity index (χ4v) is 1.63. The van der Waals surface area contributed by atoms with E-state index in [2.05, 4.69) is 9.47 Å². The van der Waals surface area contributed by atoms with Gasteiger partial charge in [-0.15, -0.1) is 21.2 Å². The molecule has 0 aromatic heterocycles. The van der Waals surface area contributed by atoms with Gasteiger partial charge in [0.1, 0.15) is 0 Å². The van der Waals surface area contributed by atoms with Crippen molar-refractivity contribution >= 4 is 12.4 Å². The number of aliphatic hydroxyl groups excluding tert-OH is 1. The first kappa shape index (κ1) is 16.7. The van der Waals surface area contributed by atoms with Gasteiger partial charge in [-0.1, -0.05) is 12.1 Å². The third kappa shape index (κ3) is 3.05. The van der Waals surface area contributed by atoms with Crippen LogP contribution in [-0.4, -0.2) is 23.7 Å². The van der Waals surface area contributed by atoms with E-state index in [0.29, 0.717) is 0 Å². The maximum Gasteiger partial charge on any atom is 0.586 e. The largest absolute Gasteiger partial charge is 0.586 e. The third-order valence-corrected chi connectivity index (χ3v) is 2.49. The molecule has 0 amide bonds. The Hall–Kier alpha value is -1.32. The Labute approximate surface area is 115 Å². The molecule has 0 saturated carbocycles. The van der Waals surface area contributed by atoms with E-state index in [1.165, 1.54) is 6.07 Å². The highest BCUT2D eigenvalue weighted by Crippen LogP contribution is 2.46. The highest BCUT2D eigenvalue weighted by atomic mass is 35.5. The summed E-state index contributed by atoms with van der Waals surface area (Å²) in [6.45, 7) is 0. The summed E-state index contributed by atoms with van der Waals surface area (Å²) in [6, 6.07) is 1.34. The lowest BCUT2D eigenvalue weighted by Gasteiger charge is -2.22. The fraction of sp³-hybridized carbons (Fsp3) is 0.400. The lowest BCUT2D eigenvalue weighted by molar-refractivity contribution is -0.287. The molecule has 114 valence electrons. The number of ether oxygens (including phenoxy) is 2. The maximum atomic E-state index is 12.8. The Bertz CT molecular complexity index is 496. The van der Waals surface area contributed by atoms with E-state index in [-0.39, 0.29) is 12.4 Å². The molecule has 2 rings (SSSR count). The van der Waals surface area contributed by atoms with Crippen LogP contribution < -0.4 is 15.2 Å². The van der Waals surface area contributed by atoms with Crippen molar-refractivity contribution in [2.45, 2.75) is 24.6 Å². The molecule has 20 heavy (non-hydrogen) atoms. The minimum absolute atomic E-state index is 0. The Morgan fingerprint density at radius 2 is 1.80 bits per heavy atom. The first-order chi connectivity index (χ1) is 8.62. The van der Waals surface area contributed by atoms with Gasteiger partial charge in [-0.25, -0.2) is 0 Å². The summed E-state index contributed by atoms with van der Waals surface area (Å²) in [5, 5.41) is 9.04. The fourth-order valence-electron chi connectivity index (χ4n) is 1.63. The minimum atomic E-state index is -4.98. The second-order valence-electron chi connectivity index (χ2n) is 3.85. The van der Waals surface area contributed by atoms with Gasteiger partial charge in [0.25, 0.3) is 0 Å². The summed E-state index contributed by atoms with van der Waals surface area (Å²) in [4.78, 5) is 0. The van der Waals surface area contributed by atoms with Crippen LogP contribution in [0.1, 0.15) is 11.6 Å². The molecule has 0 aliphatic carbocycles. The zero-order chi connectivity index (χ0) is 14.4. The van der Waals surface area contributed by atoms with E-state index < -0.39 is 41.7 Å². The van der Waals surface area contributed by atoms with Crippen molar-refractivity contribution in [3.05, 3.63) is 23.8 Å². The van der Waals surface area contributed by atoms with Crippen LogP contribution >= 0.6 is 12.4 Å². The Balaban J connectivity index is 0.00000200. The highest BCUT2D eigenvalue weighted by Gasteiger charge is 2.48. The number of hydrogen-bond acceptors (Lipinski definition) is 4. The standard InChI is InChI=1S/C10H8F5NO3.ClH/c11-9(12,13)8(17)6(16)4-2-1-3-5-7(4)19-10(14,15)18-5;/h1-3,6,8,17H,16H2;1H/t6-,8-;/m0./s1. The predicted molar refractivity (Wildman–Crippen MR) is 58.9 cm³/mol. The average Bonchev–Trinajstić information content (AvgIpc) is 2.59. The zero-order valence-corrected chi connectivity index (χ0v) is 10.3. The molecule has 4 nitrogen and oxygen atoms in total. The normalized spacial score (nSPS) is 19.1. The number of alkyl halides is 5. The van der Waals surface area contributed by atoms with E-state index in [9.17, 15) is 22.0 Å². The van der Waals surface area contributed by atoms with E-state index >= 15 is 0 Å². The van der Waals surface area contributed by atoms with Gasteiger partial charge >= 0.3 is 12.5 Å². The first-order valence-corrected chi connectivity index (χ1v) is 5.01. The van der Waals surface area contributed by atoms with Crippen LogP contribution in [0.2, 0.25) is 0 Å². The molecule has 10 heteroatoms. The Morgan fingerprint density at radius 1 is 1.20 bits per heavy atom. The van der Waals surface area contributed by atoms with Gasteiger partial charge < -0.3 is 20.3 Å². The van der Waals surface area contributed by atoms with Gasteiger partial charge in [-0.05, 0) is 6.07 Å². The summed E-state index contributed by atoms with van der Waals surface area (Å²) in [7, 11) is 0. The summed E-state index contributed by atoms with van der Waals surface area (Å²) >= 11 is 0. The Kier molecular flexibility index (Phi) is 4.37. The van der Waals surface area contributed by atoms with Gasteiger partial charge in [-0.3, -0.25) is 0 Å². The SMILES string of the molecule is Cl.N[C@@H](c1cccc2c1OC(F)(F)O2)[C@H](O)C(F)(F)F. The highest BCUT2D eigenvalue weighted by molar-refractivity contribution is 5.85. The van der Waals surface area contributed by atoms with Gasteiger partial charge in [0.05, 0.1) is 6.04 Å². The minimum Gasteiger partial charge on any atom is -0.395 e. The average molecular weight is 322 g/mol. The van der Waals surface area contributed by atoms with Crippen LogP contribution in [-0.2, 0) is 0 Å². The summed E-state index contributed by atoms with van der Waals surface area (Å²) in [5.74, 6) is -1.05. The summed E-state index contributed by atoms with van der Waals surface area (Å²) in [6.07, 6.45) is -11.9. The number of para-hydroxylation sites is 1. The first-order valence-electron chi connectivity index (χ1n) is 5.01. The predicted octanol–water partition coefficient (Wildman–Crippen LogP) is 2.35. The molecule has 0 unspecified atom stereocenters. The number of benzene rings is 1. The summed E-state index contributed by atoms with van der Waals surface area (Å²) in [5.41, 5.74) is 4.82. The van der Waals surface area contributed by atoms with Gasteiger partial charge in [0.15, 0.2) is 17.6 Å². The molecular weight excluding hydrogens is 313 g/mol. The van der Waals surface area contributed by atoms with E-state index in [0.717, 1.165) is 12.1 Å².